The van der Waals surface area contributed by atoms with E-state index in [4.69, 9.17) is 9.84 Å². The van der Waals surface area contributed by atoms with Crippen LogP contribution in [-0.2, 0) is 17.6 Å². The molecule has 1 aliphatic heterocycles. The summed E-state index contributed by atoms with van der Waals surface area (Å²) in [5, 5.41) is 8.99. The third-order valence-electron chi connectivity index (χ3n) is 3.58. The van der Waals surface area contributed by atoms with E-state index in [1.54, 1.807) is 14.0 Å². The molecule has 18 heavy (non-hydrogen) atoms. The zero-order chi connectivity index (χ0) is 13.3. The van der Waals surface area contributed by atoms with E-state index in [2.05, 4.69) is 18.0 Å². The van der Waals surface area contributed by atoms with Crippen molar-refractivity contribution < 1.29 is 14.6 Å². The maximum atomic E-state index is 10.9. The first-order valence-corrected chi connectivity index (χ1v) is 6.17. The number of ether oxygens (including phenoxy) is 1. The molecule has 0 saturated carbocycles. The highest BCUT2D eigenvalue weighted by Crippen LogP contribution is 2.37. The maximum absolute atomic E-state index is 10.9. The van der Waals surface area contributed by atoms with Crippen LogP contribution in [0, 0.1) is 5.92 Å². The van der Waals surface area contributed by atoms with E-state index in [9.17, 15) is 4.79 Å². The number of carbonyl (C=O) groups is 1. The minimum Gasteiger partial charge on any atom is -0.496 e. The van der Waals surface area contributed by atoms with Gasteiger partial charge in [0.15, 0.2) is 0 Å². The minimum atomic E-state index is -0.769. The number of benzene rings is 1. The molecule has 2 rings (SSSR count). The first-order chi connectivity index (χ1) is 8.54. The second-order valence-corrected chi connectivity index (χ2v) is 4.87. The molecule has 0 saturated heterocycles. The first-order valence-electron chi connectivity index (χ1n) is 6.17. The molecule has 4 nitrogen and oxygen atoms in total. The monoisotopic (exact) mass is 249 g/mol. The quantitative estimate of drug-likeness (QED) is 0.886. The number of methoxy groups -OCH3 is 1. The molecule has 1 atom stereocenters. The van der Waals surface area contributed by atoms with E-state index in [0.29, 0.717) is 6.42 Å². The van der Waals surface area contributed by atoms with Crippen LogP contribution < -0.4 is 9.64 Å². The third kappa shape index (κ3) is 2.15. The summed E-state index contributed by atoms with van der Waals surface area (Å²) in [5.41, 5.74) is 3.38. The zero-order valence-electron chi connectivity index (χ0n) is 11.1. The molecule has 0 bridgehead atoms. The van der Waals surface area contributed by atoms with E-state index in [1.807, 2.05) is 6.07 Å². The Kier molecular flexibility index (Phi) is 3.45. The van der Waals surface area contributed by atoms with E-state index in [1.165, 1.54) is 11.3 Å². The standard InChI is InChI=1S/C14H19NO3/c1-9(14(16)17)8-10-4-5-12-11(13(10)18-3)6-7-15(12)2/h4-5,9H,6-8H2,1-3H3,(H,16,17). The third-order valence-corrected chi connectivity index (χ3v) is 3.58. The fourth-order valence-electron chi connectivity index (χ4n) is 2.50. The van der Waals surface area contributed by atoms with Crippen molar-refractivity contribution in [3.05, 3.63) is 23.3 Å². The Labute approximate surface area is 107 Å². The number of hydrogen-bond acceptors (Lipinski definition) is 3. The highest BCUT2D eigenvalue weighted by molar-refractivity contribution is 5.71. The highest BCUT2D eigenvalue weighted by atomic mass is 16.5. The number of carboxylic acid groups (broad SMARTS) is 1. The summed E-state index contributed by atoms with van der Waals surface area (Å²) >= 11 is 0. The normalized spacial score (nSPS) is 15.4. The van der Waals surface area contributed by atoms with Crippen molar-refractivity contribution in [2.45, 2.75) is 19.8 Å². The van der Waals surface area contributed by atoms with Gasteiger partial charge in [0.25, 0.3) is 0 Å². The second-order valence-electron chi connectivity index (χ2n) is 4.87. The molecule has 0 amide bonds. The van der Waals surface area contributed by atoms with Crippen LogP contribution in [-0.4, -0.2) is 31.8 Å². The Morgan fingerprint density at radius 3 is 2.89 bits per heavy atom. The number of anilines is 1. The molecular formula is C14H19NO3. The minimum absolute atomic E-state index is 0.393. The van der Waals surface area contributed by atoms with Crippen molar-refractivity contribution in [2.24, 2.45) is 5.92 Å². The van der Waals surface area contributed by atoms with Crippen molar-refractivity contribution in [2.75, 3.05) is 25.6 Å². The molecule has 0 fully saturated rings. The molecule has 1 heterocycles. The zero-order valence-corrected chi connectivity index (χ0v) is 11.1. The lowest BCUT2D eigenvalue weighted by Crippen LogP contribution is -2.14. The van der Waals surface area contributed by atoms with Crippen molar-refractivity contribution in [1.29, 1.82) is 0 Å². The highest BCUT2D eigenvalue weighted by Gasteiger charge is 2.23. The molecule has 98 valence electrons. The van der Waals surface area contributed by atoms with Crippen LogP contribution in [0.15, 0.2) is 12.1 Å². The van der Waals surface area contributed by atoms with Gasteiger partial charge in [-0.05, 0) is 24.5 Å². The summed E-state index contributed by atoms with van der Waals surface area (Å²) in [6.45, 7) is 2.71. The number of aliphatic carboxylic acids is 1. The summed E-state index contributed by atoms with van der Waals surface area (Å²) in [4.78, 5) is 13.1. The van der Waals surface area contributed by atoms with Gasteiger partial charge in [0, 0.05) is 24.8 Å². The Morgan fingerprint density at radius 2 is 2.28 bits per heavy atom. The molecule has 1 aromatic carbocycles. The summed E-state index contributed by atoms with van der Waals surface area (Å²) in [5.74, 6) is -0.296. The topological polar surface area (TPSA) is 49.8 Å². The summed E-state index contributed by atoms with van der Waals surface area (Å²) < 4.78 is 5.50. The smallest absolute Gasteiger partial charge is 0.306 e. The van der Waals surface area contributed by atoms with Crippen molar-refractivity contribution in [3.8, 4) is 5.75 Å². The molecule has 0 aliphatic carbocycles. The predicted molar refractivity (Wildman–Crippen MR) is 70.5 cm³/mol. The number of nitrogens with zero attached hydrogens (tertiary/aromatic N) is 1. The predicted octanol–water partition coefficient (Wildman–Crippen LogP) is 1.95. The molecule has 0 aromatic heterocycles. The van der Waals surface area contributed by atoms with Gasteiger partial charge in [0.2, 0.25) is 0 Å². The van der Waals surface area contributed by atoms with Gasteiger partial charge in [-0.15, -0.1) is 0 Å². The SMILES string of the molecule is COc1c(CC(C)C(=O)O)ccc2c1CCN2C. The van der Waals surface area contributed by atoms with E-state index in [-0.39, 0.29) is 0 Å². The van der Waals surface area contributed by atoms with Crippen LogP contribution in [0.4, 0.5) is 5.69 Å². The van der Waals surface area contributed by atoms with Crippen molar-refractivity contribution in [1.82, 2.24) is 0 Å². The van der Waals surface area contributed by atoms with Crippen LogP contribution in [0.3, 0.4) is 0 Å². The molecule has 1 N–H and O–H groups in total. The molecular weight excluding hydrogens is 230 g/mol. The van der Waals surface area contributed by atoms with Gasteiger partial charge >= 0.3 is 5.97 Å². The van der Waals surface area contributed by atoms with E-state index in [0.717, 1.165) is 24.3 Å². The van der Waals surface area contributed by atoms with Crippen LogP contribution in [0.25, 0.3) is 0 Å². The number of fused-ring (bicyclic) bond motifs is 1. The average molecular weight is 249 g/mol. The molecule has 1 aromatic rings. The van der Waals surface area contributed by atoms with Crippen molar-refractivity contribution >= 4 is 11.7 Å². The fourth-order valence-corrected chi connectivity index (χ4v) is 2.50. The average Bonchev–Trinajstić information content (AvgIpc) is 2.71. The van der Waals surface area contributed by atoms with Gasteiger partial charge in [0.05, 0.1) is 13.0 Å². The molecule has 1 aliphatic rings. The largest absolute Gasteiger partial charge is 0.496 e. The molecule has 4 heteroatoms. The van der Waals surface area contributed by atoms with Gasteiger partial charge in [0.1, 0.15) is 5.75 Å². The van der Waals surface area contributed by atoms with Gasteiger partial charge < -0.3 is 14.7 Å². The number of rotatable bonds is 4. The first kappa shape index (κ1) is 12.7. The van der Waals surface area contributed by atoms with Gasteiger partial charge in [-0.2, -0.15) is 0 Å². The Hall–Kier alpha value is -1.71. The lowest BCUT2D eigenvalue weighted by atomic mass is 9.97. The van der Waals surface area contributed by atoms with E-state index >= 15 is 0 Å². The van der Waals surface area contributed by atoms with Gasteiger partial charge in [-0.25, -0.2) is 0 Å². The van der Waals surface area contributed by atoms with Crippen LogP contribution in [0.1, 0.15) is 18.1 Å². The van der Waals surface area contributed by atoms with Gasteiger partial charge in [-0.3, -0.25) is 4.79 Å². The Balaban J connectivity index is 2.35. The molecule has 1 unspecified atom stereocenters. The fraction of sp³-hybridized carbons (Fsp3) is 0.500. The number of hydrogen-bond donors (Lipinski definition) is 1. The second kappa shape index (κ2) is 4.88. The van der Waals surface area contributed by atoms with Crippen LogP contribution >= 0.6 is 0 Å². The maximum Gasteiger partial charge on any atom is 0.306 e. The Bertz CT molecular complexity index is 470. The van der Waals surface area contributed by atoms with Crippen molar-refractivity contribution in [3.63, 3.8) is 0 Å². The lowest BCUT2D eigenvalue weighted by molar-refractivity contribution is -0.141. The Morgan fingerprint density at radius 1 is 1.56 bits per heavy atom. The van der Waals surface area contributed by atoms with Crippen LogP contribution in [0.5, 0.6) is 5.75 Å². The van der Waals surface area contributed by atoms with Gasteiger partial charge in [-0.1, -0.05) is 13.0 Å². The lowest BCUT2D eigenvalue weighted by Gasteiger charge is -2.17. The molecule has 0 spiro atoms. The van der Waals surface area contributed by atoms with Crippen LogP contribution in [0.2, 0.25) is 0 Å². The summed E-state index contributed by atoms with van der Waals surface area (Å²) in [7, 11) is 3.72. The number of carboxylic acids is 1. The van der Waals surface area contributed by atoms with E-state index < -0.39 is 11.9 Å². The summed E-state index contributed by atoms with van der Waals surface area (Å²) in [6.07, 6.45) is 1.47. The summed E-state index contributed by atoms with van der Waals surface area (Å²) in [6, 6.07) is 4.05. The molecule has 0 radical (unpaired) electrons. The number of likely N-dealkylation sites (N-methyl/N-ethyl adjacent to an activating group) is 1.